The number of carbonyl (C=O) groups excluding carboxylic acids is 1. The summed E-state index contributed by atoms with van der Waals surface area (Å²) in [5.41, 5.74) is 5.29. The zero-order chi connectivity index (χ0) is 9.23. The molecular formula is C9H16N2O. The summed E-state index contributed by atoms with van der Waals surface area (Å²) in [4.78, 5) is 10.9. The first-order valence-electron chi connectivity index (χ1n) is 4.21. The van der Waals surface area contributed by atoms with Gasteiger partial charge < -0.3 is 11.1 Å². The molecule has 0 bridgehead atoms. The molecule has 0 saturated carbocycles. The van der Waals surface area contributed by atoms with Gasteiger partial charge in [0.15, 0.2) is 0 Å². The summed E-state index contributed by atoms with van der Waals surface area (Å²) in [6, 6.07) is 0. The van der Waals surface area contributed by atoms with Crippen molar-refractivity contribution < 1.29 is 4.79 Å². The van der Waals surface area contributed by atoms with E-state index in [0.717, 1.165) is 12.8 Å². The van der Waals surface area contributed by atoms with Gasteiger partial charge in [0.2, 0.25) is 5.91 Å². The number of nitrogens with two attached hydrogens (primary N) is 1. The Bertz CT molecular complexity index is 160. The first-order chi connectivity index (χ1) is 5.81. The molecular weight excluding hydrogens is 152 g/mol. The molecule has 0 atom stereocenters. The molecule has 0 aromatic carbocycles. The molecule has 0 unspecified atom stereocenters. The Morgan fingerprint density at radius 2 is 2.25 bits per heavy atom. The Balaban J connectivity index is 3.15. The lowest BCUT2D eigenvalue weighted by Crippen LogP contribution is -2.24. The summed E-state index contributed by atoms with van der Waals surface area (Å²) >= 11 is 0. The Labute approximate surface area is 73.7 Å². The fourth-order valence-corrected chi connectivity index (χ4v) is 0.771. The molecule has 0 aromatic heterocycles. The Morgan fingerprint density at radius 3 is 2.83 bits per heavy atom. The van der Waals surface area contributed by atoms with Crippen molar-refractivity contribution in [3.05, 3.63) is 0 Å². The van der Waals surface area contributed by atoms with Gasteiger partial charge in [-0.2, -0.15) is 0 Å². The second kappa shape index (κ2) is 8.09. The van der Waals surface area contributed by atoms with Crippen LogP contribution in [-0.4, -0.2) is 19.0 Å². The van der Waals surface area contributed by atoms with Crippen LogP contribution in [0.4, 0.5) is 0 Å². The topological polar surface area (TPSA) is 55.1 Å². The number of nitrogens with one attached hydrogen (secondary N) is 1. The number of carbonyl (C=O) groups is 1. The first kappa shape index (κ1) is 11.0. The molecule has 0 heterocycles. The lowest BCUT2D eigenvalue weighted by Gasteiger charge is -2.01. The fourth-order valence-electron chi connectivity index (χ4n) is 0.771. The molecule has 0 aliphatic rings. The third-order valence-electron chi connectivity index (χ3n) is 1.45. The van der Waals surface area contributed by atoms with Crippen molar-refractivity contribution in [2.75, 3.05) is 13.1 Å². The first-order valence-corrected chi connectivity index (χ1v) is 4.21. The molecule has 0 rings (SSSR count). The molecule has 0 radical (unpaired) electrons. The van der Waals surface area contributed by atoms with Crippen LogP contribution in [0.1, 0.15) is 25.7 Å². The van der Waals surface area contributed by atoms with Crippen LogP contribution in [0.2, 0.25) is 0 Å². The monoisotopic (exact) mass is 168 g/mol. The zero-order valence-electron chi connectivity index (χ0n) is 7.31. The molecule has 12 heavy (non-hydrogen) atoms. The van der Waals surface area contributed by atoms with Crippen LogP contribution in [0, 0.1) is 12.3 Å². The van der Waals surface area contributed by atoms with Crippen LogP contribution in [0.15, 0.2) is 0 Å². The van der Waals surface area contributed by atoms with Gasteiger partial charge >= 0.3 is 0 Å². The van der Waals surface area contributed by atoms with E-state index in [1.54, 1.807) is 0 Å². The second-order valence-electron chi connectivity index (χ2n) is 2.55. The minimum Gasteiger partial charge on any atom is -0.356 e. The Kier molecular flexibility index (Phi) is 7.41. The van der Waals surface area contributed by atoms with Crippen molar-refractivity contribution in [3.63, 3.8) is 0 Å². The molecule has 0 saturated heterocycles. The van der Waals surface area contributed by atoms with Gasteiger partial charge in [-0.25, -0.2) is 0 Å². The van der Waals surface area contributed by atoms with Gasteiger partial charge in [-0.15, -0.1) is 12.3 Å². The number of hydrogen-bond acceptors (Lipinski definition) is 2. The van der Waals surface area contributed by atoms with Gasteiger partial charge in [-0.3, -0.25) is 4.79 Å². The number of rotatable bonds is 6. The van der Waals surface area contributed by atoms with Gasteiger partial charge in [0.1, 0.15) is 0 Å². The standard InChI is InChI=1S/C9H16N2O/c1-2-3-6-9(12)11-8-5-4-7-10/h1H,3-8,10H2,(H,11,12). The SMILES string of the molecule is C#CCCC(=O)NCCCCN. The largest absolute Gasteiger partial charge is 0.356 e. The van der Waals surface area contributed by atoms with E-state index in [1.165, 1.54) is 0 Å². The zero-order valence-corrected chi connectivity index (χ0v) is 7.31. The van der Waals surface area contributed by atoms with E-state index in [0.29, 0.717) is 25.9 Å². The summed E-state index contributed by atoms with van der Waals surface area (Å²) in [6.07, 6.45) is 7.85. The maximum Gasteiger partial charge on any atom is 0.220 e. The van der Waals surface area contributed by atoms with E-state index in [9.17, 15) is 4.79 Å². The van der Waals surface area contributed by atoms with Crippen LogP contribution in [0.25, 0.3) is 0 Å². The van der Waals surface area contributed by atoms with Gasteiger partial charge in [0.05, 0.1) is 0 Å². The van der Waals surface area contributed by atoms with Crippen molar-refractivity contribution in [2.24, 2.45) is 5.73 Å². The normalized spacial score (nSPS) is 9.00. The smallest absolute Gasteiger partial charge is 0.220 e. The van der Waals surface area contributed by atoms with Crippen molar-refractivity contribution >= 4 is 5.91 Å². The maximum atomic E-state index is 10.9. The highest BCUT2D eigenvalue weighted by Crippen LogP contribution is 1.87. The van der Waals surface area contributed by atoms with E-state index < -0.39 is 0 Å². The fraction of sp³-hybridized carbons (Fsp3) is 0.667. The number of unbranched alkanes of at least 4 members (excludes halogenated alkanes) is 1. The average Bonchev–Trinajstić information content (AvgIpc) is 2.09. The van der Waals surface area contributed by atoms with E-state index in [2.05, 4.69) is 11.2 Å². The maximum absolute atomic E-state index is 10.9. The van der Waals surface area contributed by atoms with Crippen LogP contribution >= 0.6 is 0 Å². The number of terminal acetylenes is 1. The summed E-state index contributed by atoms with van der Waals surface area (Å²) in [6.45, 7) is 1.39. The summed E-state index contributed by atoms with van der Waals surface area (Å²) in [7, 11) is 0. The molecule has 0 aromatic rings. The minimum atomic E-state index is 0.0324. The van der Waals surface area contributed by atoms with Crippen molar-refractivity contribution in [1.82, 2.24) is 5.32 Å². The molecule has 1 amide bonds. The molecule has 0 aliphatic heterocycles. The highest BCUT2D eigenvalue weighted by Gasteiger charge is 1.97. The molecule has 0 spiro atoms. The summed E-state index contributed by atoms with van der Waals surface area (Å²) in [5, 5.41) is 2.76. The van der Waals surface area contributed by atoms with Gasteiger partial charge in [-0.1, -0.05) is 0 Å². The van der Waals surface area contributed by atoms with Crippen molar-refractivity contribution in [2.45, 2.75) is 25.7 Å². The van der Waals surface area contributed by atoms with E-state index in [4.69, 9.17) is 12.2 Å². The van der Waals surface area contributed by atoms with E-state index in [1.807, 2.05) is 0 Å². The lowest BCUT2D eigenvalue weighted by atomic mass is 10.3. The predicted octanol–water partition coefficient (Wildman–Crippen LogP) is 0.255. The van der Waals surface area contributed by atoms with Gasteiger partial charge in [0.25, 0.3) is 0 Å². The summed E-state index contributed by atoms with van der Waals surface area (Å²) in [5.74, 6) is 2.45. The highest BCUT2D eigenvalue weighted by atomic mass is 16.1. The highest BCUT2D eigenvalue weighted by molar-refractivity contribution is 5.76. The third-order valence-corrected chi connectivity index (χ3v) is 1.45. The Morgan fingerprint density at radius 1 is 1.50 bits per heavy atom. The Hall–Kier alpha value is -1.01. The van der Waals surface area contributed by atoms with E-state index >= 15 is 0 Å². The molecule has 68 valence electrons. The third kappa shape index (κ3) is 7.10. The molecule has 0 aliphatic carbocycles. The van der Waals surface area contributed by atoms with E-state index in [-0.39, 0.29) is 5.91 Å². The van der Waals surface area contributed by atoms with Crippen LogP contribution in [-0.2, 0) is 4.79 Å². The van der Waals surface area contributed by atoms with Crippen LogP contribution in [0.5, 0.6) is 0 Å². The molecule has 0 fully saturated rings. The second-order valence-corrected chi connectivity index (χ2v) is 2.55. The quantitative estimate of drug-likeness (QED) is 0.441. The van der Waals surface area contributed by atoms with Crippen LogP contribution in [0.3, 0.4) is 0 Å². The summed E-state index contributed by atoms with van der Waals surface area (Å²) < 4.78 is 0. The predicted molar refractivity (Wildman–Crippen MR) is 49.4 cm³/mol. The number of amides is 1. The van der Waals surface area contributed by atoms with Gasteiger partial charge in [-0.05, 0) is 19.4 Å². The minimum absolute atomic E-state index is 0.0324. The number of hydrogen-bond donors (Lipinski definition) is 2. The lowest BCUT2D eigenvalue weighted by molar-refractivity contribution is -0.120. The van der Waals surface area contributed by atoms with Gasteiger partial charge in [0, 0.05) is 19.4 Å². The molecule has 3 nitrogen and oxygen atoms in total. The van der Waals surface area contributed by atoms with Crippen molar-refractivity contribution in [1.29, 1.82) is 0 Å². The van der Waals surface area contributed by atoms with Crippen LogP contribution < -0.4 is 11.1 Å². The van der Waals surface area contributed by atoms with Crippen molar-refractivity contribution in [3.8, 4) is 12.3 Å². The molecule has 3 N–H and O–H groups in total. The molecule has 3 heteroatoms. The average molecular weight is 168 g/mol.